The number of fused-ring (bicyclic) bond motifs is 6. The zero-order chi connectivity index (χ0) is 25.8. The highest BCUT2D eigenvalue weighted by atomic mass is 16.5. The Balaban J connectivity index is 1.36. The lowest BCUT2D eigenvalue weighted by Crippen LogP contribution is -1.99. The first kappa shape index (κ1) is 21.6. The molecule has 0 N–H and O–H groups in total. The molecule has 4 aromatic carbocycles. The van der Waals surface area contributed by atoms with Gasteiger partial charge in [-0.15, -0.1) is 0 Å². The zero-order valence-electron chi connectivity index (χ0n) is 20.9. The van der Waals surface area contributed by atoms with Gasteiger partial charge in [0.15, 0.2) is 0 Å². The molecule has 8 rings (SSSR count). The van der Waals surface area contributed by atoms with E-state index in [1.807, 2.05) is 36.5 Å². The lowest BCUT2D eigenvalue weighted by molar-refractivity contribution is 0.463. The molecule has 0 saturated heterocycles. The quantitative estimate of drug-likeness (QED) is 0.242. The molecule has 5 nitrogen and oxygen atoms in total. The number of benzene rings is 4. The van der Waals surface area contributed by atoms with Crippen LogP contribution in [0.1, 0.15) is 0 Å². The van der Waals surface area contributed by atoms with Gasteiger partial charge in [-0.1, -0.05) is 48.5 Å². The number of hydrogen-bond acceptors (Lipinski definition) is 3. The summed E-state index contributed by atoms with van der Waals surface area (Å²) in [5, 5.41) is 4.70. The minimum atomic E-state index is 0.570. The van der Waals surface area contributed by atoms with Crippen LogP contribution in [0.4, 0.5) is 0 Å². The van der Waals surface area contributed by atoms with Crippen molar-refractivity contribution in [3.8, 4) is 23.0 Å². The number of hydrogen-bond donors (Lipinski definition) is 0. The molecule has 0 spiro atoms. The average Bonchev–Trinajstić information content (AvgIpc) is 3.50. The van der Waals surface area contributed by atoms with Crippen LogP contribution in [0.5, 0.6) is 11.6 Å². The zero-order valence-corrected chi connectivity index (χ0v) is 20.9. The molecule has 0 aliphatic heterocycles. The second-order valence-electron chi connectivity index (χ2n) is 9.55. The van der Waals surface area contributed by atoms with Crippen LogP contribution >= 0.6 is 0 Å². The van der Waals surface area contributed by atoms with Gasteiger partial charge in [-0.25, -0.2) is 9.97 Å². The van der Waals surface area contributed by atoms with Gasteiger partial charge in [-0.3, -0.25) is 4.57 Å². The standard InChI is InChI=1S/C34H22N4O/c1-3-14-30-26(11-1)28-18-17-25(39-33-16-5-6-19-35-33)22-32(28)37(30)23-9-7-10-24(21-23)38-31-15-4-2-12-27(31)29-13-8-20-36-34(29)38/h1-22H. The van der Waals surface area contributed by atoms with E-state index in [0.717, 1.165) is 44.7 Å². The third-order valence-corrected chi connectivity index (χ3v) is 7.29. The Kier molecular flexibility index (Phi) is 4.76. The molecular formula is C34H22N4O. The van der Waals surface area contributed by atoms with Gasteiger partial charge in [-0.2, -0.15) is 0 Å². The van der Waals surface area contributed by atoms with Crippen LogP contribution < -0.4 is 4.74 Å². The van der Waals surface area contributed by atoms with E-state index in [0.29, 0.717) is 5.88 Å². The van der Waals surface area contributed by atoms with E-state index < -0.39 is 0 Å². The van der Waals surface area contributed by atoms with E-state index in [1.54, 1.807) is 6.20 Å². The molecule has 0 bridgehead atoms. The van der Waals surface area contributed by atoms with Crippen molar-refractivity contribution in [2.75, 3.05) is 0 Å². The summed E-state index contributed by atoms with van der Waals surface area (Å²) in [5.74, 6) is 1.31. The van der Waals surface area contributed by atoms with Gasteiger partial charge in [0, 0.05) is 57.4 Å². The highest BCUT2D eigenvalue weighted by molar-refractivity contribution is 6.10. The predicted molar refractivity (Wildman–Crippen MR) is 157 cm³/mol. The largest absolute Gasteiger partial charge is 0.439 e. The topological polar surface area (TPSA) is 44.9 Å². The van der Waals surface area contributed by atoms with Crippen molar-refractivity contribution in [3.63, 3.8) is 0 Å². The molecule has 0 aliphatic carbocycles. The number of aromatic nitrogens is 4. The monoisotopic (exact) mass is 502 g/mol. The molecule has 5 heteroatoms. The summed E-state index contributed by atoms with van der Waals surface area (Å²) in [5.41, 5.74) is 6.42. The van der Waals surface area contributed by atoms with E-state index in [2.05, 4.69) is 105 Å². The number of rotatable bonds is 4. The maximum atomic E-state index is 6.12. The van der Waals surface area contributed by atoms with Gasteiger partial charge < -0.3 is 9.30 Å². The molecule has 4 aromatic heterocycles. The van der Waals surface area contributed by atoms with Crippen LogP contribution in [0.25, 0.3) is 55.1 Å². The smallest absolute Gasteiger partial charge is 0.219 e. The normalized spacial score (nSPS) is 11.6. The van der Waals surface area contributed by atoms with Crippen LogP contribution in [0.15, 0.2) is 134 Å². The fourth-order valence-electron chi connectivity index (χ4n) is 5.65. The first-order valence-electron chi connectivity index (χ1n) is 12.9. The van der Waals surface area contributed by atoms with Crippen molar-refractivity contribution in [1.29, 1.82) is 0 Å². The summed E-state index contributed by atoms with van der Waals surface area (Å²) in [6.07, 6.45) is 3.59. The fraction of sp³-hybridized carbons (Fsp3) is 0. The minimum Gasteiger partial charge on any atom is -0.439 e. The van der Waals surface area contributed by atoms with Gasteiger partial charge in [-0.05, 0) is 60.7 Å². The molecule has 0 atom stereocenters. The summed E-state index contributed by atoms with van der Waals surface area (Å²) >= 11 is 0. The highest BCUT2D eigenvalue weighted by Gasteiger charge is 2.16. The second-order valence-corrected chi connectivity index (χ2v) is 9.55. The third-order valence-electron chi connectivity index (χ3n) is 7.29. The minimum absolute atomic E-state index is 0.570. The molecule has 8 aromatic rings. The van der Waals surface area contributed by atoms with Gasteiger partial charge in [0.05, 0.1) is 16.6 Å². The SMILES string of the molecule is c1ccc(Oc2ccc3c4ccccc4n(-c4cccc(-n5c6ccccc6c6cccnc65)c4)c3c2)nc1. The van der Waals surface area contributed by atoms with E-state index in [4.69, 9.17) is 9.72 Å². The van der Waals surface area contributed by atoms with E-state index in [9.17, 15) is 0 Å². The van der Waals surface area contributed by atoms with Crippen molar-refractivity contribution in [2.24, 2.45) is 0 Å². The summed E-state index contributed by atoms with van der Waals surface area (Å²) in [4.78, 5) is 9.10. The molecule has 0 amide bonds. The maximum absolute atomic E-state index is 6.12. The van der Waals surface area contributed by atoms with Crippen LogP contribution in [0, 0.1) is 0 Å². The Labute approximate surface area is 224 Å². The number of ether oxygens (including phenoxy) is 1. The van der Waals surface area contributed by atoms with E-state index in [1.165, 1.54) is 16.2 Å². The molecular weight excluding hydrogens is 480 g/mol. The molecule has 0 unspecified atom stereocenters. The molecule has 0 saturated carbocycles. The van der Waals surface area contributed by atoms with Gasteiger partial charge in [0.25, 0.3) is 0 Å². The lowest BCUT2D eigenvalue weighted by Gasteiger charge is -2.13. The van der Waals surface area contributed by atoms with E-state index >= 15 is 0 Å². The highest BCUT2D eigenvalue weighted by Crippen LogP contribution is 2.36. The number of pyridine rings is 2. The number of nitrogens with zero attached hydrogens (tertiary/aromatic N) is 4. The Morgan fingerprint density at radius 1 is 0.462 bits per heavy atom. The van der Waals surface area contributed by atoms with Crippen molar-refractivity contribution in [2.45, 2.75) is 0 Å². The summed E-state index contributed by atoms with van der Waals surface area (Å²) in [7, 11) is 0. The predicted octanol–water partition coefficient (Wildman–Crippen LogP) is 8.46. The molecule has 0 radical (unpaired) electrons. The Morgan fingerprint density at radius 3 is 1.95 bits per heavy atom. The molecule has 0 aliphatic rings. The van der Waals surface area contributed by atoms with Crippen LogP contribution in [-0.4, -0.2) is 19.1 Å². The maximum Gasteiger partial charge on any atom is 0.219 e. The molecule has 0 fully saturated rings. The lowest BCUT2D eigenvalue weighted by atomic mass is 10.1. The molecule has 4 heterocycles. The van der Waals surface area contributed by atoms with Crippen molar-refractivity contribution in [1.82, 2.24) is 19.1 Å². The van der Waals surface area contributed by atoms with Crippen LogP contribution in [-0.2, 0) is 0 Å². The fourth-order valence-corrected chi connectivity index (χ4v) is 5.65. The Bertz CT molecular complexity index is 2100. The molecule has 184 valence electrons. The van der Waals surface area contributed by atoms with E-state index in [-0.39, 0.29) is 0 Å². The summed E-state index contributed by atoms with van der Waals surface area (Å²) in [6, 6.07) is 41.7. The summed E-state index contributed by atoms with van der Waals surface area (Å²) < 4.78 is 10.7. The van der Waals surface area contributed by atoms with Crippen LogP contribution in [0.2, 0.25) is 0 Å². The number of para-hydroxylation sites is 2. The van der Waals surface area contributed by atoms with Gasteiger partial charge >= 0.3 is 0 Å². The first-order valence-corrected chi connectivity index (χ1v) is 12.9. The van der Waals surface area contributed by atoms with Crippen molar-refractivity contribution in [3.05, 3.63) is 134 Å². The third kappa shape index (κ3) is 3.41. The average molecular weight is 503 g/mol. The molecule has 39 heavy (non-hydrogen) atoms. The summed E-state index contributed by atoms with van der Waals surface area (Å²) in [6.45, 7) is 0. The van der Waals surface area contributed by atoms with Crippen molar-refractivity contribution < 1.29 is 4.74 Å². The Hall–Kier alpha value is -5.42. The van der Waals surface area contributed by atoms with Crippen LogP contribution in [0.3, 0.4) is 0 Å². The second kappa shape index (κ2) is 8.57. The van der Waals surface area contributed by atoms with Crippen molar-refractivity contribution >= 4 is 43.7 Å². The Morgan fingerprint density at radius 2 is 1.13 bits per heavy atom. The van der Waals surface area contributed by atoms with Gasteiger partial charge in [0.2, 0.25) is 5.88 Å². The van der Waals surface area contributed by atoms with Gasteiger partial charge in [0.1, 0.15) is 11.4 Å². The first-order chi connectivity index (χ1) is 19.3.